The van der Waals surface area contributed by atoms with E-state index in [0.29, 0.717) is 0 Å². The number of rotatable bonds is 2. The van der Waals surface area contributed by atoms with Gasteiger partial charge in [0, 0.05) is 23.0 Å². The minimum Gasteiger partial charge on any atom is -0.456 e. The molecule has 0 atom stereocenters. The summed E-state index contributed by atoms with van der Waals surface area (Å²) in [4.78, 5) is 4.74. The van der Waals surface area contributed by atoms with Crippen molar-refractivity contribution in [3.63, 3.8) is 0 Å². The van der Waals surface area contributed by atoms with E-state index in [2.05, 4.69) is 56.0 Å². The van der Waals surface area contributed by atoms with Gasteiger partial charge < -0.3 is 4.42 Å². The van der Waals surface area contributed by atoms with Crippen LogP contribution in [0, 0.1) is 0 Å². The van der Waals surface area contributed by atoms with E-state index in [-0.39, 0.29) is 0 Å². The SMILES string of the molecule is C[Si](C)(C)c1ccccc1-c1cc2oc3ccccc3c2cn1. The van der Waals surface area contributed by atoms with Crippen molar-refractivity contribution in [3.8, 4) is 11.3 Å². The van der Waals surface area contributed by atoms with Gasteiger partial charge in [0.15, 0.2) is 0 Å². The summed E-state index contributed by atoms with van der Waals surface area (Å²) in [5, 5.41) is 3.64. The third-order valence-electron chi connectivity index (χ3n) is 4.27. The molecule has 3 heteroatoms. The molecule has 0 aliphatic carbocycles. The van der Waals surface area contributed by atoms with Crippen LogP contribution in [-0.2, 0) is 0 Å². The van der Waals surface area contributed by atoms with Crippen molar-refractivity contribution in [3.05, 3.63) is 60.8 Å². The topological polar surface area (TPSA) is 26.0 Å². The average Bonchev–Trinajstić information content (AvgIpc) is 2.91. The lowest BCUT2D eigenvalue weighted by atomic mass is 10.1. The molecule has 0 saturated heterocycles. The fraction of sp³-hybridized carbons (Fsp3) is 0.150. The third kappa shape index (κ3) is 2.37. The second-order valence-electron chi connectivity index (χ2n) is 6.96. The highest BCUT2D eigenvalue weighted by atomic mass is 28.3. The van der Waals surface area contributed by atoms with Crippen LogP contribution in [0.3, 0.4) is 0 Å². The van der Waals surface area contributed by atoms with Crippen LogP contribution >= 0.6 is 0 Å². The van der Waals surface area contributed by atoms with Crippen LogP contribution in [0.4, 0.5) is 0 Å². The normalized spacial score (nSPS) is 12.1. The summed E-state index contributed by atoms with van der Waals surface area (Å²) in [6.45, 7) is 7.10. The van der Waals surface area contributed by atoms with E-state index in [9.17, 15) is 0 Å². The predicted molar refractivity (Wildman–Crippen MR) is 99.9 cm³/mol. The number of pyridine rings is 1. The second-order valence-corrected chi connectivity index (χ2v) is 12.0. The molecule has 0 spiro atoms. The molecule has 2 heterocycles. The maximum atomic E-state index is 6.01. The molecule has 0 fully saturated rings. The van der Waals surface area contributed by atoms with Crippen molar-refractivity contribution in [2.24, 2.45) is 0 Å². The number of nitrogens with zero attached hydrogens (tertiary/aromatic N) is 1. The Morgan fingerprint density at radius 1 is 0.826 bits per heavy atom. The van der Waals surface area contributed by atoms with E-state index < -0.39 is 8.07 Å². The highest BCUT2D eigenvalue weighted by Gasteiger charge is 2.21. The first-order chi connectivity index (χ1) is 11.0. The van der Waals surface area contributed by atoms with Crippen molar-refractivity contribution in [2.45, 2.75) is 19.6 Å². The summed E-state index contributed by atoms with van der Waals surface area (Å²) in [5.41, 5.74) is 4.05. The molecule has 0 radical (unpaired) electrons. The van der Waals surface area contributed by atoms with Crippen LogP contribution in [0.1, 0.15) is 0 Å². The highest BCUT2D eigenvalue weighted by molar-refractivity contribution is 6.89. The molecule has 0 unspecified atom stereocenters. The first-order valence-corrected chi connectivity index (χ1v) is 11.4. The average molecular weight is 317 g/mol. The van der Waals surface area contributed by atoms with Gasteiger partial charge in [0.05, 0.1) is 13.8 Å². The molecule has 0 bridgehead atoms. The van der Waals surface area contributed by atoms with Crippen LogP contribution in [0.25, 0.3) is 33.2 Å². The summed E-state index contributed by atoms with van der Waals surface area (Å²) in [7, 11) is -1.43. The molecule has 2 nitrogen and oxygen atoms in total. The number of furan rings is 1. The molecule has 23 heavy (non-hydrogen) atoms. The Balaban J connectivity index is 1.96. The molecule has 2 aromatic heterocycles. The fourth-order valence-corrected chi connectivity index (χ4v) is 4.74. The Morgan fingerprint density at radius 2 is 1.57 bits per heavy atom. The minimum atomic E-state index is -1.43. The maximum Gasteiger partial charge on any atom is 0.139 e. The molecule has 2 aromatic carbocycles. The van der Waals surface area contributed by atoms with Crippen LogP contribution in [-0.4, -0.2) is 13.1 Å². The number of hydrogen-bond acceptors (Lipinski definition) is 2. The number of aromatic nitrogens is 1. The van der Waals surface area contributed by atoms with Crippen molar-refractivity contribution < 1.29 is 4.42 Å². The van der Waals surface area contributed by atoms with Gasteiger partial charge in [0.2, 0.25) is 0 Å². The standard InChI is InChI=1S/C20H19NOSi/c1-23(2,3)20-11-7-5-9-15(20)17-12-19-16(13-21-17)14-8-4-6-10-18(14)22-19/h4-13H,1-3H3. The Kier molecular flexibility index (Phi) is 3.13. The van der Waals surface area contributed by atoms with Crippen molar-refractivity contribution in [1.29, 1.82) is 0 Å². The van der Waals surface area contributed by atoms with Gasteiger partial charge in [-0.25, -0.2) is 0 Å². The summed E-state index contributed by atoms with van der Waals surface area (Å²) >= 11 is 0. The minimum absolute atomic E-state index is 0.904. The van der Waals surface area contributed by atoms with E-state index in [4.69, 9.17) is 9.40 Å². The van der Waals surface area contributed by atoms with Gasteiger partial charge >= 0.3 is 0 Å². The number of fused-ring (bicyclic) bond motifs is 3. The van der Waals surface area contributed by atoms with Crippen molar-refractivity contribution in [1.82, 2.24) is 4.98 Å². The molecular weight excluding hydrogens is 298 g/mol. The predicted octanol–water partition coefficient (Wildman–Crippen LogP) is 5.19. The van der Waals surface area contributed by atoms with E-state index >= 15 is 0 Å². The lowest BCUT2D eigenvalue weighted by molar-refractivity contribution is 0.668. The zero-order chi connectivity index (χ0) is 16.0. The fourth-order valence-electron chi connectivity index (χ4n) is 3.13. The van der Waals surface area contributed by atoms with Gasteiger partial charge in [-0.2, -0.15) is 0 Å². The highest BCUT2D eigenvalue weighted by Crippen LogP contribution is 2.30. The Bertz CT molecular complexity index is 1010. The maximum absolute atomic E-state index is 6.01. The van der Waals surface area contributed by atoms with E-state index in [1.54, 1.807) is 0 Å². The monoisotopic (exact) mass is 317 g/mol. The molecular formula is C20H19NOSi. The quantitative estimate of drug-likeness (QED) is 0.475. The van der Waals surface area contributed by atoms with E-state index in [0.717, 1.165) is 27.6 Å². The number of para-hydroxylation sites is 1. The smallest absolute Gasteiger partial charge is 0.139 e. The van der Waals surface area contributed by atoms with Crippen molar-refractivity contribution >= 4 is 35.2 Å². The summed E-state index contributed by atoms with van der Waals surface area (Å²) in [6.07, 6.45) is 1.94. The Labute approximate surface area is 136 Å². The zero-order valence-corrected chi connectivity index (χ0v) is 14.6. The first kappa shape index (κ1) is 14.2. The van der Waals surface area contributed by atoms with Crippen LogP contribution in [0.5, 0.6) is 0 Å². The third-order valence-corrected chi connectivity index (χ3v) is 6.33. The van der Waals surface area contributed by atoms with Crippen molar-refractivity contribution in [2.75, 3.05) is 0 Å². The molecule has 0 aliphatic heterocycles. The molecule has 4 aromatic rings. The van der Waals surface area contributed by atoms with E-state index in [1.165, 1.54) is 10.8 Å². The summed E-state index contributed by atoms with van der Waals surface area (Å²) < 4.78 is 6.01. The Morgan fingerprint density at radius 3 is 2.39 bits per heavy atom. The first-order valence-electron chi connectivity index (χ1n) is 7.91. The van der Waals surface area contributed by atoms with Gasteiger partial charge in [0.25, 0.3) is 0 Å². The number of benzene rings is 2. The molecule has 0 aliphatic rings. The van der Waals surface area contributed by atoms with Crippen LogP contribution < -0.4 is 5.19 Å². The van der Waals surface area contributed by atoms with Gasteiger partial charge in [-0.3, -0.25) is 4.98 Å². The molecule has 4 rings (SSSR count). The lowest BCUT2D eigenvalue weighted by Gasteiger charge is -2.20. The van der Waals surface area contributed by atoms with Gasteiger partial charge in [-0.1, -0.05) is 67.3 Å². The number of hydrogen-bond donors (Lipinski definition) is 0. The molecule has 0 N–H and O–H groups in total. The largest absolute Gasteiger partial charge is 0.456 e. The van der Waals surface area contributed by atoms with Crippen LogP contribution in [0.15, 0.2) is 65.2 Å². The van der Waals surface area contributed by atoms with Gasteiger partial charge in [-0.05, 0) is 11.6 Å². The molecule has 0 amide bonds. The van der Waals surface area contributed by atoms with Crippen LogP contribution in [0.2, 0.25) is 19.6 Å². The second kappa shape index (κ2) is 5.07. The van der Waals surface area contributed by atoms with Gasteiger partial charge in [-0.15, -0.1) is 0 Å². The lowest BCUT2D eigenvalue weighted by Crippen LogP contribution is -2.38. The molecule has 0 saturated carbocycles. The summed E-state index contributed by atoms with van der Waals surface area (Å²) in [6, 6.07) is 18.8. The zero-order valence-electron chi connectivity index (χ0n) is 13.6. The van der Waals surface area contributed by atoms with Gasteiger partial charge in [0.1, 0.15) is 11.2 Å². The Hall–Kier alpha value is -2.39. The summed E-state index contributed by atoms with van der Waals surface area (Å²) in [5.74, 6) is 0. The molecule has 114 valence electrons. The van der Waals surface area contributed by atoms with E-state index in [1.807, 2.05) is 24.4 Å².